The molecule has 0 aliphatic rings. The van der Waals surface area contributed by atoms with Gasteiger partial charge in [-0.3, -0.25) is 0 Å². The summed E-state index contributed by atoms with van der Waals surface area (Å²) in [4.78, 5) is 2.05. The Kier molecular flexibility index (Phi) is 5.24. The summed E-state index contributed by atoms with van der Waals surface area (Å²) in [6, 6.07) is 0. The smallest absolute Gasteiger partial charge is 0.0558 e. The van der Waals surface area contributed by atoms with E-state index in [0.717, 1.165) is 13.1 Å². The van der Waals surface area contributed by atoms with E-state index in [1.165, 1.54) is 0 Å². The summed E-state index contributed by atoms with van der Waals surface area (Å²) in [7, 11) is 1.98. The van der Waals surface area contributed by atoms with E-state index >= 15 is 0 Å². The highest BCUT2D eigenvalue weighted by atomic mass is 32.1. The van der Waals surface area contributed by atoms with Crippen LogP contribution in [0, 0.1) is 0 Å². The lowest BCUT2D eigenvalue weighted by Gasteiger charge is -2.16. The molecule has 0 fully saturated rings. The molecule has 0 aromatic heterocycles. The van der Waals surface area contributed by atoms with Crippen molar-refractivity contribution >= 4 is 12.6 Å². The summed E-state index contributed by atoms with van der Waals surface area (Å²) < 4.78 is 0. The average Bonchev–Trinajstić information content (AvgIpc) is 1.63. The fourth-order valence-electron chi connectivity index (χ4n) is 0.713. The molecule has 0 radical (unpaired) electrons. The van der Waals surface area contributed by atoms with Crippen LogP contribution in [0.3, 0.4) is 0 Å². The van der Waals surface area contributed by atoms with E-state index in [9.17, 15) is 0 Å². The van der Waals surface area contributed by atoms with E-state index in [-0.39, 0.29) is 6.61 Å². The number of hydrogen-bond acceptors (Lipinski definition) is 3. The van der Waals surface area contributed by atoms with Crippen LogP contribution in [0.25, 0.3) is 0 Å². The zero-order valence-corrected chi connectivity index (χ0v) is 6.93. The third-order valence-electron chi connectivity index (χ3n) is 1.06. The van der Waals surface area contributed by atoms with E-state index in [1.54, 1.807) is 0 Å². The lowest BCUT2D eigenvalue weighted by molar-refractivity contribution is 0.223. The van der Waals surface area contributed by atoms with Crippen molar-refractivity contribution in [1.29, 1.82) is 0 Å². The van der Waals surface area contributed by atoms with Gasteiger partial charge in [0.1, 0.15) is 0 Å². The van der Waals surface area contributed by atoms with Crippen molar-refractivity contribution < 1.29 is 5.11 Å². The Morgan fingerprint density at radius 3 is 2.56 bits per heavy atom. The van der Waals surface area contributed by atoms with Crippen LogP contribution in [-0.2, 0) is 0 Å². The minimum atomic E-state index is 0.233. The highest BCUT2D eigenvalue weighted by Crippen LogP contribution is 1.94. The summed E-state index contributed by atoms with van der Waals surface area (Å²) in [6.07, 6.45) is 0. The normalized spacial score (nSPS) is 14.3. The van der Waals surface area contributed by atoms with Gasteiger partial charge in [-0.15, -0.1) is 0 Å². The molecule has 0 aliphatic carbocycles. The quantitative estimate of drug-likeness (QED) is 0.559. The van der Waals surface area contributed by atoms with Gasteiger partial charge in [-0.25, -0.2) is 0 Å². The van der Waals surface area contributed by atoms with E-state index in [2.05, 4.69) is 17.5 Å². The maximum atomic E-state index is 8.48. The molecule has 2 nitrogen and oxygen atoms in total. The van der Waals surface area contributed by atoms with Gasteiger partial charge in [0.2, 0.25) is 0 Å². The molecule has 0 saturated carbocycles. The van der Waals surface area contributed by atoms with Crippen molar-refractivity contribution in [3.05, 3.63) is 0 Å². The Balaban J connectivity index is 3.15. The molecule has 1 unspecified atom stereocenters. The van der Waals surface area contributed by atoms with Gasteiger partial charge in [0.05, 0.1) is 6.61 Å². The van der Waals surface area contributed by atoms with Crippen molar-refractivity contribution in [2.24, 2.45) is 0 Å². The van der Waals surface area contributed by atoms with Gasteiger partial charge in [0.25, 0.3) is 0 Å². The first-order valence-electron chi connectivity index (χ1n) is 3.14. The molecule has 0 saturated heterocycles. The van der Waals surface area contributed by atoms with Crippen LogP contribution in [-0.4, -0.2) is 42.0 Å². The van der Waals surface area contributed by atoms with E-state index in [1.807, 2.05) is 14.0 Å². The second-order valence-corrected chi connectivity index (χ2v) is 3.22. The molecule has 0 spiro atoms. The predicted molar refractivity (Wildman–Crippen MR) is 43.0 cm³/mol. The second-order valence-electron chi connectivity index (χ2n) is 2.33. The number of aliphatic hydroxyl groups is 1. The lowest BCUT2D eigenvalue weighted by atomic mass is 10.4. The van der Waals surface area contributed by atoms with E-state index in [4.69, 9.17) is 5.11 Å². The molecular weight excluding hydrogens is 134 g/mol. The number of hydrogen-bond donors (Lipinski definition) is 2. The predicted octanol–water partition coefficient (Wildman–Crippen LogP) is 0.229. The SMILES string of the molecule is CC(S)CN(C)CCO. The number of likely N-dealkylation sites (N-methyl/N-ethyl adjacent to an activating group) is 1. The summed E-state index contributed by atoms with van der Waals surface area (Å²) in [5.41, 5.74) is 0. The number of rotatable bonds is 4. The van der Waals surface area contributed by atoms with Crippen LogP contribution in [0.4, 0.5) is 0 Å². The Hall–Kier alpha value is 0.270. The monoisotopic (exact) mass is 149 g/mol. The van der Waals surface area contributed by atoms with Crippen molar-refractivity contribution in [1.82, 2.24) is 4.90 Å². The molecule has 3 heteroatoms. The Morgan fingerprint density at radius 1 is 1.67 bits per heavy atom. The van der Waals surface area contributed by atoms with Crippen molar-refractivity contribution in [3.8, 4) is 0 Å². The molecule has 9 heavy (non-hydrogen) atoms. The van der Waals surface area contributed by atoms with Gasteiger partial charge in [-0.05, 0) is 7.05 Å². The minimum absolute atomic E-state index is 0.233. The molecule has 0 aliphatic heterocycles. The first-order valence-corrected chi connectivity index (χ1v) is 3.66. The highest BCUT2D eigenvalue weighted by Gasteiger charge is 1.99. The Labute approximate surface area is 62.3 Å². The molecule has 0 heterocycles. The van der Waals surface area contributed by atoms with Gasteiger partial charge in [-0.2, -0.15) is 12.6 Å². The molecule has 1 N–H and O–H groups in total. The summed E-state index contributed by atoms with van der Waals surface area (Å²) in [5.74, 6) is 0. The molecular formula is C6H15NOS. The minimum Gasteiger partial charge on any atom is -0.395 e. The maximum absolute atomic E-state index is 8.48. The first-order chi connectivity index (χ1) is 4.16. The molecule has 0 aromatic rings. The number of aliphatic hydroxyl groups excluding tert-OH is 1. The highest BCUT2D eigenvalue weighted by molar-refractivity contribution is 7.80. The molecule has 56 valence electrons. The van der Waals surface area contributed by atoms with E-state index < -0.39 is 0 Å². The first kappa shape index (κ1) is 9.27. The summed E-state index contributed by atoms with van der Waals surface area (Å²) >= 11 is 4.21. The molecule has 0 amide bonds. The zero-order chi connectivity index (χ0) is 7.28. The van der Waals surface area contributed by atoms with Crippen LogP contribution >= 0.6 is 12.6 Å². The van der Waals surface area contributed by atoms with Gasteiger partial charge in [0, 0.05) is 18.3 Å². The van der Waals surface area contributed by atoms with E-state index in [0.29, 0.717) is 5.25 Å². The van der Waals surface area contributed by atoms with Gasteiger partial charge in [-0.1, -0.05) is 6.92 Å². The van der Waals surface area contributed by atoms with Crippen molar-refractivity contribution in [3.63, 3.8) is 0 Å². The molecule has 0 rings (SSSR count). The van der Waals surface area contributed by atoms with Gasteiger partial charge in [0.15, 0.2) is 0 Å². The van der Waals surface area contributed by atoms with Crippen molar-refractivity contribution in [2.45, 2.75) is 12.2 Å². The van der Waals surface area contributed by atoms with Crippen molar-refractivity contribution in [2.75, 3.05) is 26.7 Å². The molecule has 0 bridgehead atoms. The zero-order valence-electron chi connectivity index (χ0n) is 6.04. The maximum Gasteiger partial charge on any atom is 0.0558 e. The lowest BCUT2D eigenvalue weighted by Crippen LogP contribution is -2.27. The van der Waals surface area contributed by atoms with Crippen LogP contribution in [0.2, 0.25) is 0 Å². The molecule has 1 atom stereocenters. The van der Waals surface area contributed by atoms with Crippen LogP contribution in [0.15, 0.2) is 0 Å². The molecule has 0 aromatic carbocycles. The fraction of sp³-hybridized carbons (Fsp3) is 1.00. The Morgan fingerprint density at radius 2 is 2.22 bits per heavy atom. The van der Waals surface area contributed by atoms with Crippen LogP contribution in [0.5, 0.6) is 0 Å². The number of nitrogens with zero attached hydrogens (tertiary/aromatic N) is 1. The average molecular weight is 149 g/mol. The third kappa shape index (κ3) is 6.15. The number of thiol groups is 1. The van der Waals surface area contributed by atoms with Gasteiger partial charge >= 0.3 is 0 Å². The largest absolute Gasteiger partial charge is 0.395 e. The second kappa shape index (κ2) is 5.09. The van der Waals surface area contributed by atoms with Crippen LogP contribution in [0.1, 0.15) is 6.92 Å². The summed E-state index contributed by atoms with van der Waals surface area (Å²) in [6.45, 7) is 3.95. The third-order valence-corrected chi connectivity index (χ3v) is 1.22. The fourth-order valence-corrected chi connectivity index (χ4v) is 0.992. The topological polar surface area (TPSA) is 23.5 Å². The summed E-state index contributed by atoms with van der Waals surface area (Å²) in [5, 5.41) is 8.87. The Bertz CT molecular complexity index is 68.1. The van der Waals surface area contributed by atoms with Gasteiger partial charge < -0.3 is 10.0 Å². The van der Waals surface area contributed by atoms with Crippen LogP contribution < -0.4 is 0 Å². The standard InChI is InChI=1S/C6H15NOS/c1-6(9)5-7(2)3-4-8/h6,8-9H,3-5H2,1-2H3.